The maximum atomic E-state index is 13.6. The molecule has 4 amide bonds. The SMILES string of the molecule is CCCCCCCCCCC[C@@H]1CC(=O)NCC(=O)N[C@@H](CCCCN)C(=O)N[C@@H](CC2CCCCC2)C(=O)N1. The van der Waals surface area contributed by atoms with Crippen molar-refractivity contribution in [3.05, 3.63) is 0 Å². The highest BCUT2D eigenvalue weighted by Gasteiger charge is 2.31. The number of carbonyl (C=O) groups is 4. The van der Waals surface area contributed by atoms with Crippen molar-refractivity contribution in [3.8, 4) is 0 Å². The predicted molar refractivity (Wildman–Crippen MR) is 159 cm³/mol. The summed E-state index contributed by atoms with van der Waals surface area (Å²) in [5.74, 6) is -0.858. The first kappa shape index (κ1) is 34.0. The molecule has 3 atom stereocenters. The van der Waals surface area contributed by atoms with Gasteiger partial charge >= 0.3 is 0 Å². The Balaban J connectivity index is 2.05. The summed E-state index contributed by atoms with van der Waals surface area (Å²) in [6, 6.07) is -1.78. The maximum Gasteiger partial charge on any atom is 0.243 e. The largest absolute Gasteiger partial charge is 0.351 e. The maximum absolute atomic E-state index is 13.6. The molecule has 0 aromatic heterocycles. The fourth-order valence-electron chi connectivity index (χ4n) is 5.97. The minimum atomic E-state index is -0.767. The number of amides is 4. The van der Waals surface area contributed by atoms with Gasteiger partial charge in [0.25, 0.3) is 0 Å². The molecule has 1 aliphatic heterocycles. The van der Waals surface area contributed by atoms with Crippen LogP contribution in [0, 0.1) is 5.92 Å². The van der Waals surface area contributed by atoms with Crippen LogP contribution in [0.2, 0.25) is 0 Å². The van der Waals surface area contributed by atoms with Gasteiger partial charge in [-0.1, -0.05) is 96.8 Å². The van der Waals surface area contributed by atoms with E-state index in [0.717, 1.165) is 51.4 Å². The fourth-order valence-corrected chi connectivity index (χ4v) is 5.97. The molecule has 230 valence electrons. The minimum absolute atomic E-state index is 0.125. The van der Waals surface area contributed by atoms with Gasteiger partial charge in [-0.3, -0.25) is 19.2 Å². The Morgan fingerprint density at radius 2 is 1.30 bits per heavy atom. The third kappa shape index (κ3) is 14.5. The molecule has 2 aliphatic rings. The van der Waals surface area contributed by atoms with E-state index in [9.17, 15) is 19.2 Å². The van der Waals surface area contributed by atoms with Gasteiger partial charge in [0.15, 0.2) is 0 Å². The van der Waals surface area contributed by atoms with Crippen molar-refractivity contribution in [2.45, 2.75) is 153 Å². The van der Waals surface area contributed by atoms with E-state index >= 15 is 0 Å². The monoisotopic (exact) mass is 563 g/mol. The highest BCUT2D eigenvalue weighted by molar-refractivity contribution is 5.93. The average Bonchev–Trinajstić information content (AvgIpc) is 2.94. The molecule has 0 aromatic carbocycles. The van der Waals surface area contributed by atoms with Gasteiger partial charge in [0.2, 0.25) is 23.6 Å². The van der Waals surface area contributed by atoms with E-state index < -0.39 is 18.0 Å². The van der Waals surface area contributed by atoms with Gasteiger partial charge in [0.1, 0.15) is 12.1 Å². The lowest BCUT2D eigenvalue weighted by atomic mass is 9.84. The Morgan fingerprint density at radius 1 is 0.675 bits per heavy atom. The number of rotatable bonds is 16. The summed E-state index contributed by atoms with van der Waals surface area (Å²) in [7, 11) is 0. The van der Waals surface area contributed by atoms with E-state index in [0.29, 0.717) is 38.1 Å². The second-order valence-corrected chi connectivity index (χ2v) is 12.0. The summed E-state index contributed by atoms with van der Waals surface area (Å²) < 4.78 is 0. The molecule has 2 fully saturated rings. The Bertz CT molecular complexity index is 756. The number of nitrogens with two attached hydrogens (primary N) is 1. The Labute approximate surface area is 242 Å². The van der Waals surface area contributed by atoms with E-state index in [2.05, 4.69) is 28.2 Å². The summed E-state index contributed by atoms with van der Waals surface area (Å²) >= 11 is 0. The summed E-state index contributed by atoms with van der Waals surface area (Å²) in [5.41, 5.74) is 5.63. The van der Waals surface area contributed by atoms with Gasteiger partial charge in [-0.15, -0.1) is 0 Å². The van der Waals surface area contributed by atoms with Crippen LogP contribution in [0.4, 0.5) is 0 Å². The highest BCUT2D eigenvalue weighted by atomic mass is 16.2. The lowest BCUT2D eigenvalue weighted by Crippen LogP contribution is -2.55. The zero-order valence-electron chi connectivity index (χ0n) is 25.1. The third-order valence-corrected chi connectivity index (χ3v) is 8.41. The molecular weight excluding hydrogens is 506 g/mol. The van der Waals surface area contributed by atoms with Gasteiger partial charge in [-0.25, -0.2) is 0 Å². The molecule has 0 radical (unpaired) electrons. The molecule has 9 nitrogen and oxygen atoms in total. The quantitative estimate of drug-likeness (QED) is 0.181. The Morgan fingerprint density at radius 3 is 1.98 bits per heavy atom. The number of nitrogens with one attached hydrogen (secondary N) is 4. The number of hydrogen-bond acceptors (Lipinski definition) is 5. The number of carbonyl (C=O) groups excluding carboxylic acids is 4. The van der Waals surface area contributed by atoms with Gasteiger partial charge in [0.05, 0.1) is 6.54 Å². The second kappa shape index (κ2) is 20.7. The summed E-state index contributed by atoms with van der Waals surface area (Å²) in [6.45, 7) is 2.54. The first-order valence-corrected chi connectivity index (χ1v) is 16.3. The minimum Gasteiger partial charge on any atom is -0.351 e. The lowest BCUT2D eigenvalue weighted by Gasteiger charge is -2.29. The Hall–Kier alpha value is -2.16. The van der Waals surface area contributed by atoms with Crippen molar-refractivity contribution in [1.82, 2.24) is 21.3 Å². The lowest BCUT2D eigenvalue weighted by molar-refractivity contribution is -0.132. The van der Waals surface area contributed by atoms with Crippen LogP contribution in [0.15, 0.2) is 0 Å². The average molecular weight is 564 g/mol. The highest BCUT2D eigenvalue weighted by Crippen LogP contribution is 2.27. The molecule has 1 saturated carbocycles. The van der Waals surface area contributed by atoms with E-state index in [4.69, 9.17) is 5.73 Å². The van der Waals surface area contributed by atoms with Crippen molar-refractivity contribution in [2.75, 3.05) is 13.1 Å². The molecule has 1 aliphatic carbocycles. The smallest absolute Gasteiger partial charge is 0.243 e. The molecule has 2 rings (SSSR count). The topological polar surface area (TPSA) is 142 Å². The third-order valence-electron chi connectivity index (χ3n) is 8.41. The molecule has 0 aromatic rings. The summed E-state index contributed by atoms with van der Waals surface area (Å²) in [4.78, 5) is 52.2. The van der Waals surface area contributed by atoms with Crippen LogP contribution in [0.3, 0.4) is 0 Å². The molecule has 0 spiro atoms. The molecule has 9 heteroatoms. The van der Waals surface area contributed by atoms with E-state index in [-0.39, 0.29) is 36.7 Å². The van der Waals surface area contributed by atoms with Crippen LogP contribution in [-0.2, 0) is 19.2 Å². The van der Waals surface area contributed by atoms with Crippen molar-refractivity contribution in [3.63, 3.8) is 0 Å². The fraction of sp³-hybridized carbons (Fsp3) is 0.871. The molecule has 1 heterocycles. The van der Waals surface area contributed by atoms with Gasteiger partial charge in [-0.05, 0) is 44.6 Å². The van der Waals surface area contributed by atoms with Crippen molar-refractivity contribution in [1.29, 1.82) is 0 Å². The zero-order valence-corrected chi connectivity index (χ0v) is 25.1. The van der Waals surface area contributed by atoms with E-state index in [1.807, 2.05) is 0 Å². The predicted octanol–water partition coefficient (Wildman–Crippen LogP) is 3.98. The van der Waals surface area contributed by atoms with E-state index in [1.54, 1.807) is 0 Å². The second-order valence-electron chi connectivity index (χ2n) is 12.0. The van der Waals surface area contributed by atoms with Crippen LogP contribution in [0.5, 0.6) is 0 Å². The van der Waals surface area contributed by atoms with Gasteiger partial charge in [-0.2, -0.15) is 0 Å². The van der Waals surface area contributed by atoms with Crippen LogP contribution in [-0.4, -0.2) is 54.8 Å². The standard InChI is InChI=1S/C31H57N5O4/c1-2-3-4-5-6-7-8-9-13-18-25-22-28(37)33-23-29(38)35-26(19-14-15-20-32)30(39)36-27(31(40)34-25)21-24-16-11-10-12-17-24/h24-27H,2-23,32H2,1H3,(H,33,37)(H,34,40)(H,35,38)(H,36,39)/t25-,26+,27+/m1/s1. The van der Waals surface area contributed by atoms with Gasteiger partial charge in [0, 0.05) is 12.5 Å². The van der Waals surface area contributed by atoms with Crippen molar-refractivity contribution < 1.29 is 19.2 Å². The summed E-state index contributed by atoms with van der Waals surface area (Å²) in [6.07, 6.45) is 19.7. The van der Waals surface area contributed by atoms with Crippen LogP contribution in [0.25, 0.3) is 0 Å². The van der Waals surface area contributed by atoms with Crippen LogP contribution in [0.1, 0.15) is 135 Å². The first-order chi connectivity index (χ1) is 19.4. The molecule has 1 saturated heterocycles. The van der Waals surface area contributed by atoms with Gasteiger partial charge < -0.3 is 27.0 Å². The normalized spacial score (nSPS) is 23.7. The van der Waals surface area contributed by atoms with Crippen molar-refractivity contribution >= 4 is 23.6 Å². The van der Waals surface area contributed by atoms with Crippen molar-refractivity contribution in [2.24, 2.45) is 11.7 Å². The zero-order chi connectivity index (χ0) is 29.0. The molecule has 40 heavy (non-hydrogen) atoms. The molecule has 6 N–H and O–H groups in total. The van der Waals surface area contributed by atoms with Crippen LogP contribution >= 0.6 is 0 Å². The number of unbranched alkanes of at least 4 members (excludes halogenated alkanes) is 9. The molecule has 0 unspecified atom stereocenters. The molecular formula is C31H57N5O4. The Kier molecular flexibility index (Phi) is 17.6. The summed E-state index contributed by atoms with van der Waals surface area (Å²) in [5, 5.41) is 11.5. The van der Waals surface area contributed by atoms with E-state index in [1.165, 1.54) is 44.9 Å². The molecule has 0 bridgehead atoms. The van der Waals surface area contributed by atoms with Crippen LogP contribution < -0.4 is 27.0 Å². The number of hydrogen-bond donors (Lipinski definition) is 5. The first-order valence-electron chi connectivity index (χ1n) is 16.3.